The molecule has 0 aliphatic carbocycles. The number of hydrogen-bond acceptors (Lipinski definition) is 5. The van der Waals surface area contributed by atoms with Crippen molar-refractivity contribution in [3.63, 3.8) is 0 Å². The lowest BCUT2D eigenvalue weighted by Gasteiger charge is -2.21. The highest BCUT2D eigenvalue weighted by molar-refractivity contribution is 8.04. The van der Waals surface area contributed by atoms with E-state index < -0.39 is 12.1 Å². The molecule has 0 bridgehead atoms. The monoisotopic (exact) mass is 307 g/mol. The molecule has 1 aromatic rings. The van der Waals surface area contributed by atoms with Gasteiger partial charge in [0.25, 0.3) is 0 Å². The van der Waals surface area contributed by atoms with Crippen molar-refractivity contribution in [3.05, 3.63) is 47.0 Å². The minimum absolute atomic E-state index is 0.120. The first-order valence-corrected chi connectivity index (χ1v) is 7.65. The van der Waals surface area contributed by atoms with Gasteiger partial charge in [-0.1, -0.05) is 42.1 Å². The van der Waals surface area contributed by atoms with Crippen molar-refractivity contribution >= 4 is 23.6 Å². The lowest BCUT2D eigenvalue weighted by Crippen LogP contribution is -2.29. The van der Waals surface area contributed by atoms with Gasteiger partial charge in [-0.3, -0.25) is 4.79 Å². The van der Waals surface area contributed by atoms with Crippen LogP contribution in [0.1, 0.15) is 18.6 Å². The zero-order chi connectivity index (χ0) is 15.2. The van der Waals surface area contributed by atoms with Crippen LogP contribution >= 0.6 is 11.8 Å². The summed E-state index contributed by atoms with van der Waals surface area (Å²) in [5, 5.41) is 10.7. The maximum absolute atomic E-state index is 11.9. The first-order chi connectivity index (χ1) is 10.1. The molecule has 0 aromatic heterocycles. The Bertz CT molecular complexity index is 544. The van der Waals surface area contributed by atoms with Crippen LogP contribution in [0.25, 0.3) is 0 Å². The predicted molar refractivity (Wildman–Crippen MR) is 80.3 cm³/mol. The SMILES string of the molecule is CCOC(=O)C=C1SCC(=O)N1CC(O)c1ccccc1. The molecule has 1 amide bonds. The summed E-state index contributed by atoms with van der Waals surface area (Å²) in [5.41, 5.74) is 0.734. The van der Waals surface area contributed by atoms with E-state index in [1.54, 1.807) is 19.1 Å². The summed E-state index contributed by atoms with van der Waals surface area (Å²) in [6.45, 7) is 2.13. The molecule has 0 radical (unpaired) electrons. The molecule has 1 aliphatic rings. The quantitative estimate of drug-likeness (QED) is 0.662. The number of rotatable bonds is 5. The summed E-state index contributed by atoms with van der Waals surface area (Å²) in [4.78, 5) is 24.8. The van der Waals surface area contributed by atoms with Crippen molar-refractivity contribution in [1.82, 2.24) is 4.90 Å². The number of aliphatic hydroxyl groups excluding tert-OH is 1. The molecule has 1 atom stereocenters. The first-order valence-electron chi connectivity index (χ1n) is 6.66. The molecule has 21 heavy (non-hydrogen) atoms. The number of thioether (sulfide) groups is 1. The zero-order valence-corrected chi connectivity index (χ0v) is 12.5. The maximum Gasteiger partial charge on any atom is 0.333 e. The Morgan fingerprint density at radius 2 is 2.19 bits per heavy atom. The van der Waals surface area contributed by atoms with Crippen LogP contribution in [0.3, 0.4) is 0 Å². The second-order valence-corrected chi connectivity index (χ2v) is 5.45. The number of hydrogen-bond donors (Lipinski definition) is 1. The van der Waals surface area contributed by atoms with E-state index in [4.69, 9.17) is 4.74 Å². The molecule has 1 aliphatic heterocycles. The van der Waals surface area contributed by atoms with Crippen LogP contribution in [0.4, 0.5) is 0 Å². The lowest BCUT2D eigenvalue weighted by molar-refractivity contribution is -0.137. The van der Waals surface area contributed by atoms with Gasteiger partial charge in [0.2, 0.25) is 5.91 Å². The van der Waals surface area contributed by atoms with Gasteiger partial charge in [-0.15, -0.1) is 0 Å². The summed E-state index contributed by atoms with van der Waals surface area (Å²) >= 11 is 1.28. The Balaban J connectivity index is 2.09. The van der Waals surface area contributed by atoms with E-state index in [2.05, 4.69) is 0 Å². The molecule has 1 N–H and O–H groups in total. The van der Waals surface area contributed by atoms with Gasteiger partial charge in [0.05, 0.1) is 36.1 Å². The molecule has 1 saturated heterocycles. The number of carbonyl (C=O) groups excluding carboxylic acids is 2. The largest absolute Gasteiger partial charge is 0.463 e. The Hall–Kier alpha value is -1.79. The molecule has 0 spiro atoms. The molecular weight excluding hydrogens is 290 g/mol. The van der Waals surface area contributed by atoms with E-state index in [0.717, 1.165) is 5.56 Å². The minimum Gasteiger partial charge on any atom is -0.463 e. The highest BCUT2D eigenvalue weighted by Crippen LogP contribution is 2.30. The summed E-state index contributed by atoms with van der Waals surface area (Å²) in [6.07, 6.45) is 0.510. The Morgan fingerprint density at radius 3 is 2.86 bits per heavy atom. The van der Waals surface area contributed by atoms with Gasteiger partial charge in [-0.25, -0.2) is 4.79 Å². The molecule has 5 nitrogen and oxygen atoms in total. The molecule has 6 heteroatoms. The number of carbonyl (C=O) groups is 2. The van der Waals surface area contributed by atoms with Gasteiger partial charge in [0.1, 0.15) is 0 Å². The van der Waals surface area contributed by atoms with Gasteiger partial charge in [0.15, 0.2) is 0 Å². The number of benzene rings is 1. The van der Waals surface area contributed by atoms with Gasteiger partial charge >= 0.3 is 5.97 Å². The fourth-order valence-electron chi connectivity index (χ4n) is 1.96. The van der Waals surface area contributed by atoms with E-state index in [-0.39, 0.29) is 24.8 Å². The fraction of sp³-hybridized carbons (Fsp3) is 0.333. The van der Waals surface area contributed by atoms with Gasteiger partial charge < -0.3 is 14.7 Å². The van der Waals surface area contributed by atoms with Gasteiger partial charge in [-0.2, -0.15) is 0 Å². The summed E-state index contributed by atoms with van der Waals surface area (Å²) in [7, 11) is 0. The molecule has 0 saturated carbocycles. The van der Waals surface area contributed by atoms with E-state index in [0.29, 0.717) is 5.03 Å². The summed E-state index contributed by atoms with van der Waals surface area (Å²) in [6, 6.07) is 9.11. The number of β-amino-alcohol motifs (C(OH)–C–C–N with tert-alkyl or cyclic N) is 1. The highest BCUT2D eigenvalue weighted by Gasteiger charge is 2.29. The third-order valence-electron chi connectivity index (χ3n) is 2.98. The van der Waals surface area contributed by atoms with Crippen molar-refractivity contribution in [2.24, 2.45) is 0 Å². The van der Waals surface area contributed by atoms with Crippen LogP contribution in [0.2, 0.25) is 0 Å². The Morgan fingerprint density at radius 1 is 1.48 bits per heavy atom. The number of nitrogens with zero attached hydrogens (tertiary/aromatic N) is 1. The molecule has 1 fully saturated rings. The van der Waals surface area contributed by atoms with Crippen LogP contribution in [0.15, 0.2) is 41.4 Å². The van der Waals surface area contributed by atoms with Crippen LogP contribution in [0.5, 0.6) is 0 Å². The van der Waals surface area contributed by atoms with Crippen molar-refractivity contribution in [1.29, 1.82) is 0 Å². The number of aliphatic hydroxyl groups is 1. The molecule has 1 unspecified atom stereocenters. The standard InChI is InChI=1S/C15H17NO4S/c1-2-20-15(19)8-14-16(13(18)10-21-14)9-12(17)11-6-4-3-5-7-11/h3-8,12,17H,2,9-10H2,1H3. The van der Waals surface area contributed by atoms with Gasteiger partial charge in [0, 0.05) is 0 Å². The molecular formula is C15H17NO4S. The molecule has 1 aromatic carbocycles. The van der Waals surface area contributed by atoms with Crippen LogP contribution < -0.4 is 0 Å². The van der Waals surface area contributed by atoms with Crippen molar-refractivity contribution < 1.29 is 19.4 Å². The second-order valence-electron chi connectivity index (χ2n) is 4.45. The zero-order valence-electron chi connectivity index (χ0n) is 11.7. The van der Waals surface area contributed by atoms with E-state index in [1.165, 1.54) is 22.7 Å². The highest BCUT2D eigenvalue weighted by atomic mass is 32.2. The van der Waals surface area contributed by atoms with E-state index in [1.807, 2.05) is 18.2 Å². The molecule has 112 valence electrons. The third kappa shape index (κ3) is 4.09. The summed E-state index contributed by atoms with van der Waals surface area (Å²) < 4.78 is 4.85. The van der Waals surface area contributed by atoms with Crippen LogP contribution in [-0.2, 0) is 14.3 Å². The average molecular weight is 307 g/mol. The van der Waals surface area contributed by atoms with Crippen LogP contribution in [0, 0.1) is 0 Å². The van der Waals surface area contributed by atoms with Crippen molar-refractivity contribution in [2.75, 3.05) is 18.9 Å². The van der Waals surface area contributed by atoms with Crippen LogP contribution in [-0.4, -0.2) is 40.8 Å². The molecule has 2 rings (SSSR count). The normalized spacial score (nSPS) is 18.1. The second kappa shape index (κ2) is 7.28. The van der Waals surface area contributed by atoms with Crippen molar-refractivity contribution in [3.8, 4) is 0 Å². The van der Waals surface area contributed by atoms with Gasteiger partial charge in [-0.05, 0) is 12.5 Å². The molecule has 1 heterocycles. The minimum atomic E-state index is -0.792. The smallest absolute Gasteiger partial charge is 0.333 e. The average Bonchev–Trinajstić information content (AvgIpc) is 2.81. The van der Waals surface area contributed by atoms with E-state index in [9.17, 15) is 14.7 Å². The topological polar surface area (TPSA) is 66.8 Å². The van der Waals surface area contributed by atoms with Crippen molar-refractivity contribution in [2.45, 2.75) is 13.0 Å². The van der Waals surface area contributed by atoms with E-state index >= 15 is 0 Å². The first kappa shape index (κ1) is 15.6. The summed E-state index contributed by atoms with van der Waals surface area (Å²) in [5.74, 6) is -0.327. The number of ether oxygens (including phenoxy) is 1. The number of amides is 1. The maximum atomic E-state index is 11.9. The number of esters is 1. The third-order valence-corrected chi connectivity index (χ3v) is 4.00. The lowest BCUT2D eigenvalue weighted by atomic mass is 10.1. The Kier molecular flexibility index (Phi) is 5.41. The Labute approximate surface area is 127 Å². The predicted octanol–water partition coefficient (Wildman–Crippen LogP) is 1.70. The fourth-order valence-corrected chi connectivity index (χ4v) is 2.90.